The van der Waals surface area contributed by atoms with Gasteiger partial charge in [-0.3, -0.25) is 4.72 Å². The highest BCUT2D eigenvalue weighted by Gasteiger charge is 2.18. The number of allylic oxidation sites excluding steroid dienone is 1. The minimum Gasteiger partial charge on any atom is -0.462 e. The summed E-state index contributed by atoms with van der Waals surface area (Å²) in [5.74, 6) is -0.341. The number of nitrogens with one attached hydrogen (secondary N) is 1. The first-order valence-corrected chi connectivity index (χ1v) is 13.8. The van der Waals surface area contributed by atoms with Gasteiger partial charge in [-0.15, -0.1) is 0 Å². The van der Waals surface area contributed by atoms with E-state index in [1.165, 1.54) is 0 Å². The molecule has 4 aromatic rings. The van der Waals surface area contributed by atoms with Gasteiger partial charge >= 0.3 is 5.97 Å². The van der Waals surface area contributed by atoms with Gasteiger partial charge in [0.2, 0.25) is 0 Å². The normalized spacial score (nSPS) is 12.0. The molecule has 0 amide bonds. The molecular formula is C30H32N2O4S. The van der Waals surface area contributed by atoms with Crippen LogP contribution in [0.25, 0.3) is 16.5 Å². The summed E-state index contributed by atoms with van der Waals surface area (Å²) >= 11 is 0. The third-order valence-electron chi connectivity index (χ3n) is 6.52. The largest absolute Gasteiger partial charge is 0.462 e. The summed E-state index contributed by atoms with van der Waals surface area (Å²) < 4.78 is 36.2. The Morgan fingerprint density at radius 3 is 2.32 bits per heavy atom. The Hall–Kier alpha value is -3.84. The number of benzene rings is 3. The summed E-state index contributed by atoms with van der Waals surface area (Å²) in [6.07, 6.45) is 3.61. The second kappa shape index (κ2) is 11.5. The van der Waals surface area contributed by atoms with Crippen molar-refractivity contribution in [3.8, 4) is 0 Å². The smallest absolute Gasteiger partial charge is 0.338 e. The number of nitrogens with zero attached hydrogens (tertiary/aromatic N) is 1. The SMILES string of the molecule is Cc1ccc(S(=O)(=O)N/C=C(/CCCCOC(=O)c2ccccc2)c2c(C)n(C)c3ccccc23)cc1. The molecule has 0 spiro atoms. The number of carbonyl (C=O) groups excluding carboxylic acids is 1. The molecule has 192 valence electrons. The van der Waals surface area contributed by atoms with Crippen LogP contribution in [0.2, 0.25) is 0 Å². The average Bonchev–Trinajstić information content (AvgIpc) is 3.16. The molecule has 37 heavy (non-hydrogen) atoms. The topological polar surface area (TPSA) is 77.4 Å². The van der Waals surface area contributed by atoms with E-state index in [0.29, 0.717) is 25.0 Å². The van der Waals surface area contributed by atoms with Gasteiger partial charge in [-0.25, -0.2) is 13.2 Å². The Labute approximate surface area is 218 Å². The van der Waals surface area contributed by atoms with Gasteiger partial charge in [0.15, 0.2) is 0 Å². The van der Waals surface area contributed by atoms with E-state index >= 15 is 0 Å². The predicted octanol–water partition coefficient (Wildman–Crippen LogP) is 6.14. The molecule has 0 atom stereocenters. The molecule has 3 aromatic carbocycles. The Balaban J connectivity index is 1.53. The monoisotopic (exact) mass is 516 g/mol. The number of hydrogen-bond acceptors (Lipinski definition) is 4. The van der Waals surface area contributed by atoms with Crippen molar-refractivity contribution in [2.24, 2.45) is 7.05 Å². The number of para-hydroxylation sites is 1. The van der Waals surface area contributed by atoms with Crippen LogP contribution in [0, 0.1) is 13.8 Å². The molecule has 1 heterocycles. The Morgan fingerprint density at radius 2 is 1.59 bits per heavy atom. The number of aryl methyl sites for hydroxylation is 2. The van der Waals surface area contributed by atoms with Gasteiger partial charge < -0.3 is 9.30 Å². The predicted molar refractivity (Wildman–Crippen MR) is 148 cm³/mol. The van der Waals surface area contributed by atoms with Crippen LogP contribution >= 0.6 is 0 Å². The lowest BCUT2D eigenvalue weighted by atomic mass is 9.98. The first-order valence-electron chi connectivity index (χ1n) is 12.3. The van der Waals surface area contributed by atoms with E-state index in [9.17, 15) is 13.2 Å². The maximum absolute atomic E-state index is 13.0. The van der Waals surface area contributed by atoms with Crippen LogP contribution in [0.1, 0.15) is 46.4 Å². The van der Waals surface area contributed by atoms with Gasteiger partial charge in [-0.05, 0) is 69.0 Å². The number of rotatable bonds is 10. The van der Waals surface area contributed by atoms with Crippen LogP contribution < -0.4 is 4.72 Å². The molecule has 0 radical (unpaired) electrons. The summed E-state index contributed by atoms with van der Waals surface area (Å²) in [6.45, 7) is 4.26. The van der Waals surface area contributed by atoms with E-state index in [1.54, 1.807) is 54.7 Å². The maximum atomic E-state index is 13.0. The van der Waals surface area contributed by atoms with E-state index < -0.39 is 10.0 Å². The van der Waals surface area contributed by atoms with E-state index in [2.05, 4.69) is 21.4 Å². The highest BCUT2D eigenvalue weighted by Crippen LogP contribution is 2.33. The molecule has 0 fully saturated rings. The first-order chi connectivity index (χ1) is 17.8. The van der Waals surface area contributed by atoms with E-state index in [1.807, 2.05) is 39.1 Å². The summed E-state index contributed by atoms with van der Waals surface area (Å²) in [7, 11) is -1.71. The van der Waals surface area contributed by atoms with Gasteiger partial charge in [-0.2, -0.15) is 0 Å². The zero-order valence-corrected chi connectivity index (χ0v) is 22.2. The quantitative estimate of drug-likeness (QED) is 0.203. The highest BCUT2D eigenvalue weighted by atomic mass is 32.2. The van der Waals surface area contributed by atoms with Crippen LogP contribution in [0.4, 0.5) is 0 Å². The molecule has 7 heteroatoms. The van der Waals surface area contributed by atoms with Crippen LogP contribution in [0.3, 0.4) is 0 Å². The lowest BCUT2D eigenvalue weighted by Crippen LogP contribution is -2.18. The van der Waals surface area contributed by atoms with Crippen LogP contribution in [-0.4, -0.2) is 25.6 Å². The van der Waals surface area contributed by atoms with Crippen molar-refractivity contribution >= 4 is 32.5 Å². The molecule has 0 aliphatic rings. The number of unbranched alkanes of at least 4 members (excludes halogenated alkanes) is 1. The van der Waals surface area contributed by atoms with E-state index in [4.69, 9.17) is 4.74 Å². The molecule has 1 aromatic heterocycles. The van der Waals surface area contributed by atoms with Gasteiger partial charge in [0.05, 0.1) is 17.1 Å². The second-order valence-electron chi connectivity index (χ2n) is 9.10. The molecule has 4 rings (SSSR count). The number of hydrogen-bond donors (Lipinski definition) is 1. The van der Waals surface area contributed by atoms with Crippen LogP contribution in [0.15, 0.2) is 90.0 Å². The number of ether oxygens (including phenoxy) is 1. The molecule has 1 N–H and O–H groups in total. The van der Waals surface area contributed by atoms with Gasteiger partial charge in [0, 0.05) is 35.4 Å². The molecule has 0 saturated heterocycles. The minimum atomic E-state index is -3.72. The van der Waals surface area contributed by atoms with Crippen molar-refractivity contribution in [1.29, 1.82) is 0 Å². The fourth-order valence-corrected chi connectivity index (χ4v) is 5.30. The van der Waals surface area contributed by atoms with Crippen molar-refractivity contribution in [2.75, 3.05) is 6.61 Å². The fraction of sp³-hybridized carbons (Fsp3) is 0.233. The molecule has 0 aliphatic heterocycles. The van der Waals surface area contributed by atoms with Crippen LogP contribution in [0.5, 0.6) is 0 Å². The standard InChI is InChI=1S/C30H32N2O4S/c1-22-16-18-26(19-17-22)37(34,35)31-21-25(29-23(2)32(3)28-15-8-7-14-27(28)29)13-9-10-20-36-30(33)24-11-5-4-6-12-24/h4-8,11-12,14-19,21,31H,9-10,13,20H2,1-3H3/b25-21-. The van der Waals surface area contributed by atoms with E-state index in [0.717, 1.165) is 39.7 Å². The fourth-order valence-electron chi connectivity index (χ4n) is 4.37. The lowest BCUT2D eigenvalue weighted by Gasteiger charge is -2.12. The first kappa shape index (κ1) is 26.2. The van der Waals surface area contributed by atoms with E-state index in [-0.39, 0.29) is 10.9 Å². The van der Waals surface area contributed by atoms with Gasteiger partial charge in [0.1, 0.15) is 0 Å². The number of sulfonamides is 1. The molecular weight excluding hydrogens is 484 g/mol. The van der Waals surface area contributed by atoms with Crippen molar-refractivity contribution in [2.45, 2.75) is 38.0 Å². The highest BCUT2D eigenvalue weighted by molar-refractivity contribution is 7.89. The lowest BCUT2D eigenvalue weighted by molar-refractivity contribution is 0.0499. The maximum Gasteiger partial charge on any atom is 0.338 e. The number of esters is 1. The number of fused-ring (bicyclic) bond motifs is 1. The van der Waals surface area contributed by atoms with Gasteiger partial charge in [0.25, 0.3) is 10.0 Å². The molecule has 0 aliphatic carbocycles. The Kier molecular flexibility index (Phi) is 8.14. The number of aromatic nitrogens is 1. The summed E-state index contributed by atoms with van der Waals surface area (Å²) in [5, 5.41) is 1.07. The zero-order valence-electron chi connectivity index (χ0n) is 21.4. The third-order valence-corrected chi connectivity index (χ3v) is 7.84. The zero-order chi connectivity index (χ0) is 26.4. The Morgan fingerprint density at radius 1 is 0.919 bits per heavy atom. The molecule has 0 saturated carbocycles. The van der Waals surface area contributed by atoms with Crippen molar-refractivity contribution in [1.82, 2.24) is 9.29 Å². The van der Waals surface area contributed by atoms with Crippen molar-refractivity contribution < 1.29 is 17.9 Å². The summed E-state index contributed by atoms with van der Waals surface area (Å²) in [6, 6.07) is 23.8. The second-order valence-corrected chi connectivity index (χ2v) is 10.8. The third kappa shape index (κ3) is 6.12. The molecule has 6 nitrogen and oxygen atoms in total. The summed E-state index contributed by atoms with van der Waals surface area (Å²) in [5.41, 5.74) is 5.57. The van der Waals surface area contributed by atoms with Crippen molar-refractivity contribution in [3.63, 3.8) is 0 Å². The molecule has 0 unspecified atom stereocenters. The summed E-state index contributed by atoms with van der Waals surface area (Å²) in [4.78, 5) is 12.4. The van der Waals surface area contributed by atoms with Gasteiger partial charge in [-0.1, -0.05) is 54.1 Å². The van der Waals surface area contributed by atoms with Crippen molar-refractivity contribution in [3.05, 3.63) is 107 Å². The van der Waals surface area contributed by atoms with Crippen LogP contribution in [-0.2, 0) is 21.8 Å². The Bertz CT molecular complexity index is 1520. The average molecular weight is 517 g/mol. The minimum absolute atomic E-state index is 0.219. The number of carbonyl (C=O) groups is 1. The molecule has 0 bridgehead atoms.